The van der Waals surface area contributed by atoms with E-state index in [0.717, 1.165) is 7.87 Å². The molecule has 0 saturated heterocycles. The molecule has 1 heteroatoms. The van der Waals surface area contributed by atoms with Crippen molar-refractivity contribution >= 4 is 22.8 Å². The van der Waals surface area contributed by atoms with Gasteiger partial charge in [-0.15, -0.1) is 0 Å². The van der Waals surface area contributed by atoms with E-state index in [-0.39, 0.29) is 0 Å². The van der Waals surface area contributed by atoms with Crippen LogP contribution in [0.25, 0.3) is 11.1 Å². The first-order valence-corrected chi connectivity index (χ1v) is 12.3. The summed E-state index contributed by atoms with van der Waals surface area (Å²) in [6.45, 7) is 9.74. The van der Waals surface area contributed by atoms with Gasteiger partial charge in [-0.1, -0.05) is 0 Å². The van der Waals surface area contributed by atoms with Gasteiger partial charge in [0.25, 0.3) is 0 Å². The van der Waals surface area contributed by atoms with E-state index in [1.807, 2.05) is 0 Å². The van der Waals surface area contributed by atoms with Gasteiger partial charge in [-0.3, -0.25) is 0 Å². The third-order valence-electron chi connectivity index (χ3n) is 4.22. The van der Waals surface area contributed by atoms with Crippen LogP contribution >= 0.6 is 0 Å². The molecular weight excluding hydrogens is 347 g/mol. The van der Waals surface area contributed by atoms with Gasteiger partial charge in [0.05, 0.1) is 0 Å². The van der Waals surface area contributed by atoms with E-state index >= 15 is 0 Å². The molecule has 0 aliphatic heterocycles. The van der Waals surface area contributed by atoms with Crippen LogP contribution in [-0.4, -0.2) is 22.8 Å². The Morgan fingerprint density at radius 3 is 1.30 bits per heavy atom. The molecule has 0 amide bonds. The fourth-order valence-corrected chi connectivity index (χ4v) is 13.7. The molecule has 0 N–H and O–H groups in total. The van der Waals surface area contributed by atoms with Gasteiger partial charge in [0, 0.05) is 0 Å². The SMILES string of the molecule is C[CH](C)[Sn](=[C]1c2ccccc2-c2ccccc21)[CH](C)C. The van der Waals surface area contributed by atoms with Crippen LogP contribution in [0.2, 0.25) is 7.87 Å². The molecule has 2 aromatic rings. The molecular formula is C19H22Sn. The summed E-state index contributed by atoms with van der Waals surface area (Å²) >= 11 is -1.66. The van der Waals surface area contributed by atoms with Crippen molar-refractivity contribution in [3.05, 3.63) is 59.7 Å². The van der Waals surface area contributed by atoms with E-state index in [1.54, 1.807) is 3.52 Å². The van der Waals surface area contributed by atoms with Crippen molar-refractivity contribution in [1.82, 2.24) is 0 Å². The molecule has 0 atom stereocenters. The zero-order valence-corrected chi connectivity index (χ0v) is 15.6. The van der Waals surface area contributed by atoms with Crippen molar-refractivity contribution in [2.75, 3.05) is 0 Å². The number of fused-ring (bicyclic) bond motifs is 3. The molecule has 0 unspecified atom stereocenters. The summed E-state index contributed by atoms with van der Waals surface area (Å²) in [5.41, 5.74) is 5.98. The van der Waals surface area contributed by atoms with Gasteiger partial charge >= 0.3 is 129 Å². The average molecular weight is 369 g/mol. The van der Waals surface area contributed by atoms with Crippen LogP contribution in [0.15, 0.2) is 48.5 Å². The first-order chi connectivity index (χ1) is 9.61. The third kappa shape index (κ3) is 2.18. The molecule has 0 heterocycles. The summed E-state index contributed by atoms with van der Waals surface area (Å²) in [7, 11) is 0. The summed E-state index contributed by atoms with van der Waals surface area (Å²) in [4.78, 5) is 0. The summed E-state index contributed by atoms with van der Waals surface area (Å²) in [6.07, 6.45) is 0. The quantitative estimate of drug-likeness (QED) is 0.550. The Bertz CT molecular complexity index is 620. The minimum absolute atomic E-state index is 0.853. The fourth-order valence-electron chi connectivity index (χ4n) is 3.57. The summed E-state index contributed by atoms with van der Waals surface area (Å²) in [6, 6.07) is 18.0. The molecule has 0 radical (unpaired) electrons. The van der Waals surface area contributed by atoms with Crippen LogP contribution in [0.3, 0.4) is 0 Å². The Hall–Kier alpha value is -0.891. The predicted octanol–water partition coefficient (Wildman–Crippen LogP) is 5.13. The number of hydrogen-bond donors (Lipinski definition) is 0. The molecule has 0 aromatic heterocycles. The van der Waals surface area contributed by atoms with Crippen LogP contribution in [0, 0.1) is 0 Å². The second-order valence-electron chi connectivity index (χ2n) is 6.23. The first kappa shape index (κ1) is 14.1. The van der Waals surface area contributed by atoms with E-state index in [0.29, 0.717) is 0 Å². The van der Waals surface area contributed by atoms with Crippen LogP contribution in [0.4, 0.5) is 0 Å². The van der Waals surface area contributed by atoms with E-state index in [4.69, 9.17) is 0 Å². The number of benzene rings is 2. The van der Waals surface area contributed by atoms with E-state index in [9.17, 15) is 0 Å². The van der Waals surface area contributed by atoms with Gasteiger partial charge < -0.3 is 0 Å². The van der Waals surface area contributed by atoms with Gasteiger partial charge in [0.1, 0.15) is 0 Å². The number of rotatable bonds is 2. The van der Waals surface area contributed by atoms with E-state index in [1.165, 1.54) is 22.3 Å². The van der Waals surface area contributed by atoms with Gasteiger partial charge in [-0.2, -0.15) is 0 Å². The normalized spacial score (nSPS) is 12.8. The second kappa shape index (κ2) is 5.48. The van der Waals surface area contributed by atoms with Gasteiger partial charge in [0.15, 0.2) is 0 Å². The summed E-state index contributed by atoms with van der Waals surface area (Å²) < 4.78 is 3.46. The predicted molar refractivity (Wildman–Crippen MR) is 91.0 cm³/mol. The van der Waals surface area contributed by atoms with Crippen LogP contribution in [-0.2, 0) is 0 Å². The third-order valence-corrected chi connectivity index (χ3v) is 14.5. The zero-order valence-electron chi connectivity index (χ0n) is 12.8. The zero-order chi connectivity index (χ0) is 14.3. The Labute approximate surface area is 129 Å². The molecule has 1 aliphatic carbocycles. The van der Waals surface area contributed by atoms with Crippen molar-refractivity contribution in [3.8, 4) is 11.1 Å². The molecule has 1 aliphatic rings. The topological polar surface area (TPSA) is 0 Å². The molecule has 20 heavy (non-hydrogen) atoms. The fraction of sp³-hybridized carbons (Fsp3) is 0.316. The van der Waals surface area contributed by atoms with Gasteiger partial charge in [0.2, 0.25) is 0 Å². The van der Waals surface area contributed by atoms with E-state index < -0.39 is 19.3 Å². The maximum absolute atomic E-state index is 2.44. The van der Waals surface area contributed by atoms with Crippen molar-refractivity contribution in [3.63, 3.8) is 0 Å². The van der Waals surface area contributed by atoms with Crippen molar-refractivity contribution in [2.45, 2.75) is 35.6 Å². The van der Waals surface area contributed by atoms with Crippen molar-refractivity contribution in [2.24, 2.45) is 0 Å². The first-order valence-electron chi connectivity index (χ1n) is 7.54. The molecule has 2 aromatic carbocycles. The Morgan fingerprint density at radius 2 is 0.950 bits per heavy atom. The Kier molecular flexibility index (Phi) is 3.85. The molecule has 0 saturated carbocycles. The maximum atomic E-state index is 2.44. The summed E-state index contributed by atoms with van der Waals surface area (Å²) in [5.74, 6) is 0. The van der Waals surface area contributed by atoms with Gasteiger partial charge in [-0.25, -0.2) is 0 Å². The minimum atomic E-state index is -1.66. The van der Waals surface area contributed by atoms with Crippen LogP contribution < -0.4 is 0 Å². The van der Waals surface area contributed by atoms with Crippen molar-refractivity contribution in [1.29, 1.82) is 0 Å². The van der Waals surface area contributed by atoms with Crippen molar-refractivity contribution < 1.29 is 0 Å². The van der Waals surface area contributed by atoms with Gasteiger partial charge in [-0.05, 0) is 0 Å². The standard InChI is InChI=1S/C13H8.2C3H7.Sn/c1-3-7-12-10(5-1)9-11-6-2-4-8-13(11)12;2*1-3-2;/h1-8H;2*3H,1-2H3;. The molecule has 0 spiro atoms. The molecule has 0 fully saturated rings. The second-order valence-corrected chi connectivity index (χ2v) is 16.8. The molecule has 0 bridgehead atoms. The van der Waals surface area contributed by atoms with Crippen LogP contribution in [0.1, 0.15) is 38.8 Å². The Morgan fingerprint density at radius 1 is 0.600 bits per heavy atom. The molecule has 102 valence electrons. The number of hydrogen-bond acceptors (Lipinski definition) is 0. The summed E-state index contributed by atoms with van der Waals surface area (Å²) in [5, 5.41) is 0. The Balaban J connectivity index is 2.39. The molecule has 3 rings (SSSR count). The van der Waals surface area contributed by atoms with E-state index in [2.05, 4.69) is 76.2 Å². The average Bonchev–Trinajstić information content (AvgIpc) is 2.74. The monoisotopic (exact) mass is 370 g/mol. The molecule has 0 nitrogen and oxygen atoms in total. The van der Waals surface area contributed by atoms with Crippen LogP contribution in [0.5, 0.6) is 0 Å².